The molecule has 0 fully saturated rings. The zero-order valence-electron chi connectivity index (χ0n) is 11.3. The van der Waals surface area contributed by atoms with E-state index in [0.717, 1.165) is 6.54 Å². The lowest BCUT2D eigenvalue weighted by molar-refractivity contribution is 0.527. The van der Waals surface area contributed by atoms with Gasteiger partial charge in [-0.1, -0.05) is 0 Å². The maximum atomic E-state index is 12.1. The highest BCUT2D eigenvalue weighted by Crippen LogP contribution is 2.17. The minimum atomic E-state index is -3.58. The normalized spacial score (nSPS) is 12.1. The first-order valence-electron chi connectivity index (χ1n) is 6.19. The molecular formula is C12H17N3O4S. The highest BCUT2D eigenvalue weighted by Gasteiger charge is 2.16. The van der Waals surface area contributed by atoms with Crippen LogP contribution in [0.25, 0.3) is 11.1 Å². The van der Waals surface area contributed by atoms with Gasteiger partial charge in [0.15, 0.2) is 5.58 Å². The van der Waals surface area contributed by atoms with Gasteiger partial charge < -0.3 is 9.73 Å². The third-order valence-corrected chi connectivity index (χ3v) is 4.43. The summed E-state index contributed by atoms with van der Waals surface area (Å²) in [6.07, 6.45) is 0.693. The summed E-state index contributed by atoms with van der Waals surface area (Å²) < 4.78 is 33.0. The van der Waals surface area contributed by atoms with E-state index < -0.39 is 15.8 Å². The van der Waals surface area contributed by atoms with Gasteiger partial charge in [-0.2, -0.15) is 0 Å². The number of aryl methyl sites for hydroxylation is 1. The maximum Gasteiger partial charge on any atom is 0.419 e. The van der Waals surface area contributed by atoms with Gasteiger partial charge in [-0.3, -0.25) is 4.57 Å². The van der Waals surface area contributed by atoms with Gasteiger partial charge in [0.05, 0.1) is 10.4 Å². The molecule has 0 spiro atoms. The van der Waals surface area contributed by atoms with Gasteiger partial charge >= 0.3 is 5.76 Å². The van der Waals surface area contributed by atoms with Gasteiger partial charge in [0.1, 0.15) is 0 Å². The second-order valence-electron chi connectivity index (χ2n) is 4.41. The van der Waals surface area contributed by atoms with Crippen LogP contribution in [0.15, 0.2) is 32.3 Å². The van der Waals surface area contributed by atoms with Gasteiger partial charge in [0.2, 0.25) is 10.0 Å². The van der Waals surface area contributed by atoms with E-state index >= 15 is 0 Å². The molecule has 0 aliphatic carbocycles. The van der Waals surface area contributed by atoms with Crippen LogP contribution < -0.4 is 15.8 Å². The molecule has 0 bridgehead atoms. The molecule has 7 nitrogen and oxygen atoms in total. The lowest BCUT2D eigenvalue weighted by Gasteiger charge is -2.06. The summed E-state index contributed by atoms with van der Waals surface area (Å²) in [4.78, 5) is 11.5. The molecule has 0 unspecified atom stereocenters. The number of rotatable bonds is 6. The predicted molar refractivity (Wildman–Crippen MR) is 75.2 cm³/mol. The molecule has 0 radical (unpaired) electrons. The van der Waals surface area contributed by atoms with Crippen molar-refractivity contribution in [3.63, 3.8) is 0 Å². The predicted octanol–water partition coefficient (Wildman–Crippen LogP) is 0.0193. The van der Waals surface area contributed by atoms with Crippen molar-refractivity contribution in [2.24, 2.45) is 7.05 Å². The molecule has 0 amide bonds. The Morgan fingerprint density at radius 1 is 1.30 bits per heavy atom. The van der Waals surface area contributed by atoms with Crippen LogP contribution in [0, 0.1) is 0 Å². The largest absolute Gasteiger partial charge is 0.419 e. The Morgan fingerprint density at radius 2 is 2.05 bits per heavy atom. The second kappa shape index (κ2) is 5.78. The standard InChI is InChI=1S/C12H17N3O4S/c1-13-6-3-7-14-20(17,18)9-4-5-10-11(8-9)19-12(16)15(10)2/h4-5,8,13-14H,3,6-7H2,1-2H3. The topological polar surface area (TPSA) is 93.3 Å². The number of sulfonamides is 1. The molecule has 0 saturated heterocycles. The molecule has 20 heavy (non-hydrogen) atoms. The minimum Gasteiger partial charge on any atom is -0.408 e. The lowest BCUT2D eigenvalue weighted by Crippen LogP contribution is -2.26. The summed E-state index contributed by atoms with van der Waals surface area (Å²) in [6, 6.07) is 4.37. The van der Waals surface area contributed by atoms with E-state index in [1.54, 1.807) is 20.2 Å². The van der Waals surface area contributed by atoms with E-state index in [-0.39, 0.29) is 10.5 Å². The first-order valence-corrected chi connectivity index (χ1v) is 7.68. The molecule has 0 saturated carbocycles. The molecule has 8 heteroatoms. The van der Waals surface area contributed by atoms with E-state index in [0.29, 0.717) is 18.5 Å². The summed E-state index contributed by atoms with van der Waals surface area (Å²) in [5.74, 6) is -0.517. The summed E-state index contributed by atoms with van der Waals surface area (Å²) >= 11 is 0. The second-order valence-corrected chi connectivity index (χ2v) is 6.18. The third kappa shape index (κ3) is 2.92. The highest BCUT2D eigenvalue weighted by molar-refractivity contribution is 7.89. The van der Waals surface area contributed by atoms with Crippen molar-refractivity contribution in [3.05, 3.63) is 28.7 Å². The fourth-order valence-electron chi connectivity index (χ4n) is 1.84. The van der Waals surface area contributed by atoms with Crippen molar-refractivity contribution < 1.29 is 12.8 Å². The molecular weight excluding hydrogens is 282 g/mol. The molecule has 0 atom stereocenters. The maximum absolute atomic E-state index is 12.1. The van der Waals surface area contributed by atoms with E-state index in [1.165, 1.54) is 16.7 Å². The molecule has 0 aliphatic rings. The lowest BCUT2D eigenvalue weighted by atomic mass is 10.3. The zero-order valence-corrected chi connectivity index (χ0v) is 12.2. The van der Waals surface area contributed by atoms with Crippen molar-refractivity contribution in [3.8, 4) is 0 Å². The van der Waals surface area contributed by atoms with Gasteiger partial charge in [-0.25, -0.2) is 17.9 Å². The van der Waals surface area contributed by atoms with Crippen LogP contribution in [0.4, 0.5) is 0 Å². The fourth-order valence-corrected chi connectivity index (χ4v) is 2.93. The van der Waals surface area contributed by atoms with Crippen molar-refractivity contribution in [1.82, 2.24) is 14.6 Å². The van der Waals surface area contributed by atoms with Gasteiger partial charge in [-0.05, 0) is 32.1 Å². The first-order chi connectivity index (χ1) is 9.45. The minimum absolute atomic E-state index is 0.0869. The van der Waals surface area contributed by atoms with Gasteiger partial charge in [-0.15, -0.1) is 0 Å². The number of nitrogens with one attached hydrogen (secondary N) is 2. The number of benzene rings is 1. The quantitative estimate of drug-likeness (QED) is 0.733. The Bertz CT molecular complexity index is 761. The Kier molecular flexibility index (Phi) is 4.26. The van der Waals surface area contributed by atoms with Gasteiger partial charge in [0, 0.05) is 19.7 Å². The molecule has 1 heterocycles. The van der Waals surface area contributed by atoms with Crippen LogP contribution in [-0.4, -0.2) is 33.1 Å². The van der Waals surface area contributed by atoms with E-state index in [2.05, 4.69) is 10.0 Å². The Labute approximate surface area is 116 Å². The van der Waals surface area contributed by atoms with Crippen molar-refractivity contribution in [2.45, 2.75) is 11.3 Å². The number of oxazole rings is 1. The van der Waals surface area contributed by atoms with Gasteiger partial charge in [0.25, 0.3) is 0 Å². The van der Waals surface area contributed by atoms with Crippen LogP contribution in [0.2, 0.25) is 0 Å². The van der Waals surface area contributed by atoms with Crippen LogP contribution >= 0.6 is 0 Å². The zero-order chi connectivity index (χ0) is 14.8. The number of aromatic nitrogens is 1. The van der Waals surface area contributed by atoms with Crippen molar-refractivity contribution in [1.29, 1.82) is 0 Å². The average Bonchev–Trinajstić information content (AvgIpc) is 2.70. The fraction of sp³-hybridized carbons (Fsp3) is 0.417. The average molecular weight is 299 g/mol. The summed E-state index contributed by atoms with van der Waals surface area (Å²) in [6.45, 7) is 1.08. The van der Waals surface area contributed by atoms with Crippen LogP contribution in [-0.2, 0) is 17.1 Å². The molecule has 1 aromatic heterocycles. The molecule has 2 rings (SSSR count). The van der Waals surface area contributed by atoms with Crippen LogP contribution in [0.3, 0.4) is 0 Å². The molecule has 1 aromatic carbocycles. The van der Waals surface area contributed by atoms with E-state index in [4.69, 9.17) is 4.42 Å². The number of hydrogen-bond donors (Lipinski definition) is 2. The smallest absolute Gasteiger partial charge is 0.408 e. The Balaban J connectivity index is 2.26. The van der Waals surface area contributed by atoms with E-state index in [1.807, 2.05) is 0 Å². The molecule has 2 N–H and O–H groups in total. The molecule has 110 valence electrons. The van der Waals surface area contributed by atoms with Crippen LogP contribution in [0.5, 0.6) is 0 Å². The summed E-state index contributed by atoms with van der Waals surface area (Å²) in [5.41, 5.74) is 0.819. The summed E-state index contributed by atoms with van der Waals surface area (Å²) in [5, 5.41) is 2.94. The van der Waals surface area contributed by atoms with E-state index in [9.17, 15) is 13.2 Å². The monoisotopic (exact) mass is 299 g/mol. The first kappa shape index (κ1) is 14.8. The Hall–Kier alpha value is -1.64. The summed E-state index contributed by atoms with van der Waals surface area (Å²) in [7, 11) is -0.212. The molecule has 2 aromatic rings. The van der Waals surface area contributed by atoms with Crippen LogP contribution in [0.1, 0.15) is 6.42 Å². The highest BCUT2D eigenvalue weighted by atomic mass is 32.2. The molecule has 0 aliphatic heterocycles. The third-order valence-electron chi connectivity index (χ3n) is 2.97. The van der Waals surface area contributed by atoms with Crippen molar-refractivity contribution in [2.75, 3.05) is 20.1 Å². The SMILES string of the molecule is CNCCCNS(=O)(=O)c1ccc2c(c1)oc(=O)n2C. The van der Waals surface area contributed by atoms with Crippen molar-refractivity contribution >= 4 is 21.1 Å². The number of fused-ring (bicyclic) bond motifs is 1. The number of nitrogens with zero attached hydrogens (tertiary/aromatic N) is 1. The number of hydrogen-bond acceptors (Lipinski definition) is 5. The Morgan fingerprint density at radius 3 is 2.75 bits per heavy atom.